The summed E-state index contributed by atoms with van der Waals surface area (Å²) < 4.78 is 3.45. The first kappa shape index (κ1) is 19.3. The number of aryl methyl sites for hydroxylation is 3. The summed E-state index contributed by atoms with van der Waals surface area (Å²) in [7, 11) is 1.81. The predicted molar refractivity (Wildman–Crippen MR) is 112 cm³/mol. The summed E-state index contributed by atoms with van der Waals surface area (Å²) >= 11 is 0. The van der Waals surface area contributed by atoms with Gasteiger partial charge in [-0.3, -0.25) is 10.1 Å². The number of nitrogens with zero attached hydrogens (tertiary/aromatic N) is 5. The highest BCUT2D eigenvalue weighted by molar-refractivity contribution is 6.04. The lowest BCUT2D eigenvalue weighted by Gasteiger charge is -2.19. The van der Waals surface area contributed by atoms with Crippen molar-refractivity contribution in [1.29, 1.82) is 0 Å². The van der Waals surface area contributed by atoms with Crippen LogP contribution in [0.25, 0.3) is 5.69 Å². The lowest BCUT2D eigenvalue weighted by Crippen LogP contribution is -2.27. The van der Waals surface area contributed by atoms with Gasteiger partial charge < -0.3 is 5.32 Å². The van der Waals surface area contributed by atoms with Gasteiger partial charge >= 0.3 is 0 Å². The molecule has 29 heavy (non-hydrogen) atoms. The number of carbonyl (C=O) groups excluding carboxylic acids is 1. The van der Waals surface area contributed by atoms with Crippen LogP contribution >= 0.6 is 0 Å². The first-order valence-corrected chi connectivity index (χ1v) is 9.99. The van der Waals surface area contributed by atoms with Gasteiger partial charge in [-0.15, -0.1) is 0 Å². The minimum Gasteiger partial charge on any atom is -0.317 e. The van der Waals surface area contributed by atoms with Crippen LogP contribution in [0.2, 0.25) is 0 Å². The van der Waals surface area contributed by atoms with Crippen LogP contribution in [-0.4, -0.2) is 43.5 Å². The fourth-order valence-corrected chi connectivity index (χ4v) is 3.76. The molecular formula is C21H27N7O. The highest BCUT2D eigenvalue weighted by atomic mass is 16.1. The largest absolute Gasteiger partial charge is 0.317 e. The molecule has 1 amide bonds. The van der Waals surface area contributed by atoms with E-state index in [2.05, 4.69) is 44.0 Å². The zero-order valence-corrected chi connectivity index (χ0v) is 17.4. The third-order valence-corrected chi connectivity index (χ3v) is 5.56. The highest BCUT2D eigenvalue weighted by Gasteiger charge is 2.23. The Balaban J connectivity index is 1.56. The Morgan fingerprint density at radius 1 is 1.21 bits per heavy atom. The van der Waals surface area contributed by atoms with E-state index in [0.717, 1.165) is 54.3 Å². The Bertz CT molecular complexity index is 1040. The highest BCUT2D eigenvalue weighted by Crippen LogP contribution is 2.24. The van der Waals surface area contributed by atoms with Crippen LogP contribution in [0.15, 0.2) is 24.4 Å². The van der Waals surface area contributed by atoms with Crippen molar-refractivity contribution in [3.63, 3.8) is 0 Å². The summed E-state index contributed by atoms with van der Waals surface area (Å²) in [5, 5.41) is 15.2. The van der Waals surface area contributed by atoms with Crippen molar-refractivity contribution in [1.82, 2.24) is 29.9 Å². The van der Waals surface area contributed by atoms with Gasteiger partial charge in [0, 0.05) is 13.0 Å². The van der Waals surface area contributed by atoms with Crippen LogP contribution in [-0.2, 0) is 7.05 Å². The Hall–Kier alpha value is -3.00. The summed E-state index contributed by atoms with van der Waals surface area (Å²) in [5.74, 6) is 1.36. The van der Waals surface area contributed by atoms with E-state index < -0.39 is 0 Å². The van der Waals surface area contributed by atoms with E-state index in [1.54, 1.807) is 17.9 Å². The van der Waals surface area contributed by atoms with Gasteiger partial charge in [-0.1, -0.05) is 12.1 Å². The monoisotopic (exact) mass is 393 g/mol. The van der Waals surface area contributed by atoms with Gasteiger partial charge in [0.15, 0.2) is 5.82 Å². The Morgan fingerprint density at radius 2 is 1.97 bits per heavy atom. The van der Waals surface area contributed by atoms with Crippen LogP contribution < -0.4 is 10.6 Å². The number of carbonyl (C=O) groups is 1. The van der Waals surface area contributed by atoms with Gasteiger partial charge in [-0.25, -0.2) is 9.36 Å². The van der Waals surface area contributed by atoms with E-state index in [4.69, 9.17) is 0 Å². The van der Waals surface area contributed by atoms with Crippen LogP contribution in [0.3, 0.4) is 0 Å². The van der Waals surface area contributed by atoms with Crippen molar-refractivity contribution in [2.75, 3.05) is 18.4 Å². The topological polar surface area (TPSA) is 89.7 Å². The number of amides is 1. The maximum absolute atomic E-state index is 12.9. The number of hydrogen-bond donors (Lipinski definition) is 2. The Morgan fingerprint density at radius 3 is 2.72 bits per heavy atom. The molecule has 0 atom stereocenters. The molecular weight excluding hydrogens is 366 g/mol. The second-order valence-electron chi connectivity index (χ2n) is 7.74. The summed E-state index contributed by atoms with van der Waals surface area (Å²) in [5.41, 5.74) is 4.55. The zero-order valence-electron chi connectivity index (χ0n) is 17.4. The Labute approximate surface area is 170 Å². The number of piperidine rings is 1. The van der Waals surface area contributed by atoms with Crippen molar-refractivity contribution in [3.05, 3.63) is 52.6 Å². The van der Waals surface area contributed by atoms with Gasteiger partial charge in [0.25, 0.3) is 5.91 Å². The third-order valence-electron chi connectivity index (χ3n) is 5.56. The molecule has 0 unspecified atom stereocenters. The maximum Gasteiger partial charge on any atom is 0.261 e. The predicted octanol–water partition coefficient (Wildman–Crippen LogP) is 2.65. The van der Waals surface area contributed by atoms with Gasteiger partial charge in [0.2, 0.25) is 5.95 Å². The fraction of sp³-hybridized carbons (Fsp3) is 0.429. The SMILES string of the molecule is Cc1ccc(C)c(-n2ncc(C(=O)Nc3nc(C4CCNCC4)nn3C)c2C)c1. The van der Waals surface area contributed by atoms with Crippen LogP contribution in [0.5, 0.6) is 0 Å². The molecule has 4 rings (SSSR count). The van der Waals surface area contributed by atoms with Crippen LogP contribution in [0.4, 0.5) is 5.95 Å². The first-order valence-electron chi connectivity index (χ1n) is 9.99. The van der Waals surface area contributed by atoms with Crippen LogP contribution in [0, 0.1) is 20.8 Å². The Kier molecular flexibility index (Phi) is 5.19. The molecule has 152 valence electrons. The number of nitrogens with one attached hydrogen (secondary N) is 2. The van der Waals surface area contributed by atoms with Crippen molar-refractivity contribution in [2.45, 2.75) is 39.5 Å². The average molecular weight is 393 g/mol. The van der Waals surface area contributed by atoms with E-state index in [0.29, 0.717) is 17.4 Å². The summed E-state index contributed by atoms with van der Waals surface area (Å²) in [6, 6.07) is 6.21. The van der Waals surface area contributed by atoms with Gasteiger partial charge in [-0.05, 0) is 63.9 Å². The number of aromatic nitrogens is 5. The van der Waals surface area contributed by atoms with Gasteiger partial charge in [-0.2, -0.15) is 15.2 Å². The molecule has 3 aromatic rings. The maximum atomic E-state index is 12.9. The standard InChI is InChI=1S/C21H27N7O/c1-13-5-6-14(2)18(11-13)28-15(3)17(12-23-28)20(29)25-21-24-19(26-27(21)4)16-7-9-22-10-8-16/h5-6,11-12,16,22H,7-10H2,1-4H3,(H,24,25,26,29). The molecule has 0 bridgehead atoms. The molecule has 1 saturated heterocycles. The minimum atomic E-state index is -0.230. The molecule has 0 saturated carbocycles. The summed E-state index contributed by atoms with van der Waals surface area (Å²) in [4.78, 5) is 17.5. The van der Waals surface area contributed by atoms with Gasteiger partial charge in [0.05, 0.1) is 23.1 Å². The zero-order chi connectivity index (χ0) is 20.5. The quantitative estimate of drug-likeness (QED) is 0.711. The number of anilines is 1. The van der Waals surface area contributed by atoms with E-state index in [1.165, 1.54) is 0 Å². The molecule has 2 aromatic heterocycles. The van der Waals surface area contributed by atoms with E-state index >= 15 is 0 Å². The lowest BCUT2D eigenvalue weighted by atomic mass is 9.98. The average Bonchev–Trinajstić information content (AvgIpc) is 3.27. The number of hydrogen-bond acceptors (Lipinski definition) is 5. The molecule has 1 aliphatic rings. The van der Waals surface area contributed by atoms with Crippen molar-refractivity contribution >= 4 is 11.9 Å². The molecule has 1 aliphatic heterocycles. The van der Waals surface area contributed by atoms with E-state index in [9.17, 15) is 4.79 Å². The minimum absolute atomic E-state index is 0.230. The summed E-state index contributed by atoms with van der Waals surface area (Å²) in [6.45, 7) is 7.94. The molecule has 8 heteroatoms. The van der Waals surface area contributed by atoms with Crippen molar-refractivity contribution in [2.24, 2.45) is 7.05 Å². The lowest BCUT2D eigenvalue weighted by molar-refractivity contribution is 0.102. The first-order chi connectivity index (χ1) is 13.9. The van der Waals surface area contributed by atoms with Gasteiger partial charge in [0.1, 0.15) is 0 Å². The molecule has 0 spiro atoms. The molecule has 2 N–H and O–H groups in total. The van der Waals surface area contributed by atoms with E-state index in [-0.39, 0.29) is 5.91 Å². The normalized spacial score (nSPS) is 14.9. The van der Waals surface area contributed by atoms with E-state index in [1.807, 2.05) is 25.5 Å². The smallest absolute Gasteiger partial charge is 0.261 e. The molecule has 1 fully saturated rings. The summed E-state index contributed by atoms with van der Waals surface area (Å²) in [6.07, 6.45) is 3.63. The van der Waals surface area contributed by atoms with Crippen molar-refractivity contribution in [3.8, 4) is 5.69 Å². The number of rotatable bonds is 4. The van der Waals surface area contributed by atoms with Crippen LogP contribution in [0.1, 0.15) is 51.8 Å². The number of benzene rings is 1. The molecule has 8 nitrogen and oxygen atoms in total. The molecule has 0 aliphatic carbocycles. The van der Waals surface area contributed by atoms with Crippen molar-refractivity contribution < 1.29 is 4.79 Å². The molecule has 1 aromatic carbocycles. The molecule has 0 radical (unpaired) electrons. The molecule has 3 heterocycles. The second-order valence-corrected chi connectivity index (χ2v) is 7.74. The second kappa shape index (κ2) is 7.79. The third kappa shape index (κ3) is 3.80. The fourth-order valence-electron chi connectivity index (χ4n) is 3.76.